The van der Waals surface area contributed by atoms with Crippen LogP contribution in [0.1, 0.15) is 28.5 Å². The number of hydrogen-bond donors (Lipinski definition) is 0. The minimum atomic E-state index is -4.60. The number of anilines is 1. The van der Waals surface area contributed by atoms with Gasteiger partial charge in [0.25, 0.3) is 0 Å². The highest BCUT2D eigenvalue weighted by Gasteiger charge is 2.32. The monoisotopic (exact) mass is 469 g/mol. The zero-order chi connectivity index (χ0) is 23.3. The Morgan fingerprint density at radius 2 is 1.81 bits per heavy atom. The third-order valence-electron chi connectivity index (χ3n) is 3.88. The zero-order valence-electron chi connectivity index (χ0n) is 16.6. The maximum atomic E-state index is 12.7. The Bertz CT molecular complexity index is 1100. The van der Waals surface area contributed by atoms with E-state index in [1.165, 1.54) is 13.1 Å². The Morgan fingerprint density at radius 1 is 1.19 bits per heavy atom. The fourth-order valence-corrected chi connectivity index (χ4v) is 3.06. The number of rotatable bonds is 3. The second-order valence-corrected chi connectivity index (χ2v) is 7.19. The molecule has 1 aromatic carbocycles. The predicted octanol–water partition coefficient (Wildman–Crippen LogP) is 5.42. The van der Waals surface area contributed by atoms with E-state index in [9.17, 15) is 18.0 Å². The van der Waals surface area contributed by atoms with Crippen molar-refractivity contribution < 1.29 is 18.0 Å². The lowest BCUT2D eigenvalue weighted by Crippen LogP contribution is -2.09. The van der Waals surface area contributed by atoms with Gasteiger partial charge in [0, 0.05) is 26.5 Å². The van der Waals surface area contributed by atoms with Gasteiger partial charge in [-0.05, 0) is 31.2 Å². The molecule has 0 unspecified atom stereocenters. The lowest BCUT2D eigenvalue weighted by atomic mass is 10.2. The van der Waals surface area contributed by atoms with Gasteiger partial charge in [-0.3, -0.25) is 4.79 Å². The van der Waals surface area contributed by atoms with E-state index in [4.69, 9.17) is 28.5 Å². The molecule has 162 valence electrons. The summed E-state index contributed by atoms with van der Waals surface area (Å²) < 4.78 is 39.1. The van der Waals surface area contributed by atoms with Gasteiger partial charge >= 0.3 is 6.18 Å². The standard InChI is InChI=1S/C13H6Cl2F3N3O.C7H10N2/c1-6(22)8-5-21(20-11(8)4-19)12-9(14)2-7(3-10(12)15)13(16,17)18;1-9(2)7-5-3-4-6-8-7/h2-3,5H,1H3;3-6H,1-2H3. The molecule has 0 spiro atoms. The number of nitriles is 1. The highest BCUT2D eigenvalue weighted by Crippen LogP contribution is 2.37. The van der Waals surface area contributed by atoms with Crippen molar-refractivity contribution in [3.8, 4) is 11.8 Å². The molecule has 11 heteroatoms. The van der Waals surface area contributed by atoms with Crippen LogP contribution in [-0.2, 0) is 6.18 Å². The summed E-state index contributed by atoms with van der Waals surface area (Å²) in [5.74, 6) is 0.583. The Labute approximate surface area is 186 Å². The number of pyridine rings is 1. The number of carbonyl (C=O) groups is 1. The molecule has 2 aromatic heterocycles. The molecule has 0 radical (unpaired) electrons. The molecule has 6 nitrogen and oxygen atoms in total. The van der Waals surface area contributed by atoms with Crippen LogP contribution in [0.5, 0.6) is 0 Å². The van der Waals surface area contributed by atoms with Gasteiger partial charge < -0.3 is 4.90 Å². The Morgan fingerprint density at radius 3 is 2.16 bits per heavy atom. The van der Waals surface area contributed by atoms with Crippen molar-refractivity contribution in [3.05, 3.63) is 69.6 Å². The van der Waals surface area contributed by atoms with Crippen LogP contribution in [0.3, 0.4) is 0 Å². The van der Waals surface area contributed by atoms with Crippen LogP contribution >= 0.6 is 23.2 Å². The van der Waals surface area contributed by atoms with E-state index in [1.54, 1.807) is 12.3 Å². The molecule has 3 rings (SSSR count). The minimum Gasteiger partial charge on any atom is -0.363 e. The summed E-state index contributed by atoms with van der Waals surface area (Å²) in [7, 11) is 3.95. The van der Waals surface area contributed by atoms with Crippen LogP contribution in [0, 0.1) is 11.3 Å². The largest absolute Gasteiger partial charge is 0.416 e. The van der Waals surface area contributed by atoms with Gasteiger partial charge in [-0.1, -0.05) is 29.3 Å². The molecule has 0 atom stereocenters. The number of carbonyl (C=O) groups excluding carboxylic acids is 1. The second-order valence-electron chi connectivity index (χ2n) is 6.37. The number of hydrogen-bond acceptors (Lipinski definition) is 5. The van der Waals surface area contributed by atoms with Crippen LogP contribution in [0.25, 0.3) is 5.69 Å². The Kier molecular flexibility index (Phi) is 7.65. The van der Waals surface area contributed by atoms with E-state index < -0.39 is 17.5 Å². The Hall–Kier alpha value is -3.09. The molecule has 0 bridgehead atoms. The molecule has 0 aliphatic carbocycles. The van der Waals surface area contributed by atoms with Crippen molar-refractivity contribution in [1.29, 1.82) is 5.26 Å². The highest BCUT2D eigenvalue weighted by molar-refractivity contribution is 6.37. The summed E-state index contributed by atoms with van der Waals surface area (Å²) in [6, 6.07) is 8.98. The quantitative estimate of drug-likeness (QED) is 0.478. The molecule has 2 heterocycles. The molecule has 0 amide bonds. The fourth-order valence-electron chi connectivity index (χ4n) is 2.40. The van der Waals surface area contributed by atoms with Crippen molar-refractivity contribution >= 4 is 34.8 Å². The summed E-state index contributed by atoms with van der Waals surface area (Å²) in [6.07, 6.45) is -1.62. The maximum absolute atomic E-state index is 12.7. The lowest BCUT2D eigenvalue weighted by Gasteiger charge is -2.12. The van der Waals surface area contributed by atoms with Gasteiger partial charge in [-0.25, -0.2) is 9.67 Å². The van der Waals surface area contributed by atoms with Crippen molar-refractivity contribution in [1.82, 2.24) is 14.8 Å². The first-order chi connectivity index (χ1) is 14.5. The van der Waals surface area contributed by atoms with Crippen LogP contribution < -0.4 is 4.90 Å². The van der Waals surface area contributed by atoms with Gasteiger partial charge in [-0.2, -0.15) is 23.5 Å². The maximum Gasteiger partial charge on any atom is 0.416 e. The topological polar surface area (TPSA) is 74.8 Å². The lowest BCUT2D eigenvalue weighted by molar-refractivity contribution is -0.137. The first-order valence-electron chi connectivity index (χ1n) is 8.61. The molecule has 0 saturated carbocycles. The third-order valence-corrected chi connectivity index (χ3v) is 4.46. The van der Waals surface area contributed by atoms with Crippen LogP contribution in [0.2, 0.25) is 10.0 Å². The summed E-state index contributed by atoms with van der Waals surface area (Å²) in [6.45, 7) is 1.23. The summed E-state index contributed by atoms with van der Waals surface area (Å²) in [5.41, 5.74) is -1.19. The van der Waals surface area contributed by atoms with Crippen LogP contribution in [-0.4, -0.2) is 34.6 Å². The summed E-state index contributed by atoms with van der Waals surface area (Å²) >= 11 is 11.7. The number of ketones is 1. The predicted molar refractivity (Wildman–Crippen MR) is 112 cm³/mol. The summed E-state index contributed by atoms with van der Waals surface area (Å²) in [4.78, 5) is 17.5. The first kappa shape index (κ1) is 24.2. The minimum absolute atomic E-state index is 0.0227. The number of halogens is 5. The molecule has 0 saturated heterocycles. The van der Waals surface area contributed by atoms with E-state index in [1.807, 2.05) is 37.2 Å². The summed E-state index contributed by atoms with van der Waals surface area (Å²) in [5, 5.41) is 12.1. The fraction of sp³-hybridized carbons (Fsp3) is 0.200. The average molecular weight is 470 g/mol. The number of aromatic nitrogens is 3. The van der Waals surface area contributed by atoms with E-state index in [2.05, 4.69) is 10.1 Å². The molecular formula is C20H16Cl2F3N5O. The van der Waals surface area contributed by atoms with Gasteiger partial charge in [0.2, 0.25) is 0 Å². The van der Waals surface area contributed by atoms with E-state index in [0.717, 1.165) is 10.5 Å². The van der Waals surface area contributed by atoms with Crippen molar-refractivity contribution in [2.24, 2.45) is 0 Å². The number of Topliss-reactive ketones (excluding diaryl/α,β-unsaturated/α-hetero) is 1. The molecule has 3 aromatic rings. The number of alkyl halides is 3. The molecular weight excluding hydrogens is 454 g/mol. The van der Waals surface area contributed by atoms with E-state index >= 15 is 0 Å². The van der Waals surface area contributed by atoms with Crippen LogP contribution in [0.4, 0.5) is 19.0 Å². The van der Waals surface area contributed by atoms with Gasteiger partial charge in [0.15, 0.2) is 11.5 Å². The van der Waals surface area contributed by atoms with Gasteiger partial charge in [0.05, 0.1) is 21.2 Å². The highest BCUT2D eigenvalue weighted by atomic mass is 35.5. The molecule has 0 aliphatic heterocycles. The van der Waals surface area contributed by atoms with Gasteiger partial charge in [0.1, 0.15) is 17.6 Å². The number of benzene rings is 1. The van der Waals surface area contributed by atoms with Gasteiger partial charge in [-0.15, -0.1) is 0 Å². The SMILES string of the molecule is CC(=O)c1cn(-c2c(Cl)cc(C(F)(F)F)cc2Cl)nc1C#N.CN(C)c1ccccn1. The van der Waals surface area contributed by atoms with E-state index in [-0.39, 0.29) is 27.0 Å². The first-order valence-corrected chi connectivity index (χ1v) is 9.37. The normalized spacial score (nSPS) is 10.7. The van der Waals surface area contributed by atoms with E-state index in [0.29, 0.717) is 12.1 Å². The average Bonchev–Trinajstić information content (AvgIpc) is 3.12. The molecule has 0 fully saturated rings. The smallest absolute Gasteiger partial charge is 0.363 e. The van der Waals surface area contributed by atoms with Crippen molar-refractivity contribution in [3.63, 3.8) is 0 Å². The van der Waals surface area contributed by atoms with Crippen molar-refractivity contribution in [2.75, 3.05) is 19.0 Å². The number of nitrogens with zero attached hydrogens (tertiary/aromatic N) is 5. The molecule has 0 aliphatic rings. The van der Waals surface area contributed by atoms with Crippen LogP contribution in [0.15, 0.2) is 42.7 Å². The zero-order valence-corrected chi connectivity index (χ0v) is 18.1. The third kappa shape index (κ3) is 5.96. The second kappa shape index (κ2) is 9.81. The molecule has 0 N–H and O–H groups in total. The molecule has 31 heavy (non-hydrogen) atoms. The Balaban J connectivity index is 0.000000316. The van der Waals surface area contributed by atoms with Crippen molar-refractivity contribution in [2.45, 2.75) is 13.1 Å².